The summed E-state index contributed by atoms with van der Waals surface area (Å²) in [4.78, 5) is 28.9. The molecule has 6 nitrogen and oxygen atoms in total. The summed E-state index contributed by atoms with van der Waals surface area (Å²) in [6.07, 6.45) is 0.154. The van der Waals surface area contributed by atoms with Crippen molar-refractivity contribution in [3.63, 3.8) is 0 Å². The zero-order valence-corrected chi connectivity index (χ0v) is 16.4. The maximum Gasteiger partial charge on any atom is 0.237 e. The molecule has 0 bridgehead atoms. The van der Waals surface area contributed by atoms with Gasteiger partial charge in [0.2, 0.25) is 11.8 Å². The van der Waals surface area contributed by atoms with Gasteiger partial charge < -0.3 is 15.0 Å². The van der Waals surface area contributed by atoms with Crippen molar-refractivity contribution in [3.05, 3.63) is 35.9 Å². The molecule has 0 aliphatic carbocycles. The summed E-state index contributed by atoms with van der Waals surface area (Å²) in [5, 5.41) is 2.87. The van der Waals surface area contributed by atoms with Gasteiger partial charge in [0.1, 0.15) is 0 Å². The van der Waals surface area contributed by atoms with Crippen LogP contribution in [0.15, 0.2) is 30.3 Å². The minimum atomic E-state index is -0.432. The normalized spacial score (nSPS) is 17.2. The maximum absolute atomic E-state index is 12.9. The second-order valence-corrected chi connectivity index (χ2v) is 6.82. The van der Waals surface area contributed by atoms with E-state index in [0.29, 0.717) is 26.2 Å². The Kier molecular flexibility index (Phi) is 8.31. The van der Waals surface area contributed by atoms with Crippen LogP contribution in [0.4, 0.5) is 0 Å². The molecule has 2 amide bonds. The van der Waals surface area contributed by atoms with Gasteiger partial charge in [-0.25, -0.2) is 0 Å². The number of nitrogens with zero attached hydrogens (tertiary/aromatic N) is 2. The van der Waals surface area contributed by atoms with Crippen molar-refractivity contribution in [2.45, 2.75) is 32.4 Å². The van der Waals surface area contributed by atoms with Crippen molar-refractivity contribution < 1.29 is 14.3 Å². The lowest BCUT2D eigenvalue weighted by Gasteiger charge is -2.38. The second kappa shape index (κ2) is 10.7. The smallest absolute Gasteiger partial charge is 0.237 e. The molecule has 1 aromatic carbocycles. The predicted molar refractivity (Wildman–Crippen MR) is 105 cm³/mol. The summed E-state index contributed by atoms with van der Waals surface area (Å²) in [5.41, 5.74) is 0.911. The highest BCUT2D eigenvalue weighted by atomic mass is 16.5. The molecule has 1 heterocycles. The standard InChI is InChI=1S/C21H29N3O3/c1-17(2)24-13-11-22-21(26)19(24)16-20(25)23(14-15-27-3)12-7-10-18-8-5-4-6-9-18/h4-6,8-9,17,19H,11-16H2,1-3H3,(H,22,26)/t19-/m1/s1. The third-order valence-corrected chi connectivity index (χ3v) is 4.60. The van der Waals surface area contributed by atoms with Crippen LogP contribution in [0.5, 0.6) is 0 Å². The Morgan fingerprint density at radius 3 is 2.78 bits per heavy atom. The van der Waals surface area contributed by atoms with Gasteiger partial charge >= 0.3 is 0 Å². The number of carbonyl (C=O) groups excluding carboxylic acids is 2. The topological polar surface area (TPSA) is 61.9 Å². The van der Waals surface area contributed by atoms with Gasteiger partial charge in [-0.2, -0.15) is 0 Å². The molecular weight excluding hydrogens is 342 g/mol. The lowest BCUT2D eigenvalue weighted by atomic mass is 10.1. The lowest BCUT2D eigenvalue weighted by Crippen LogP contribution is -2.58. The minimum Gasteiger partial charge on any atom is -0.383 e. The van der Waals surface area contributed by atoms with Crippen molar-refractivity contribution in [2.24, 2.45) is 0 Å². The Morgan fingerprint density at radius 2 is 2.11 bits per heavy atom. The quantitative estimate of drug-likeness (QED) is 0.730. The highest BCUT2D eigenvalue weighted by Gasteiger charge is 2.34. The monoisotopic (exact) mass is 371 g/mol. The number of hydrogen-bond acceptors (Lipinski definition) is 4. The fourth-order valence-electron chi connectivity index (χ4n) is 3.11. The fourth-order valence-corrected chi connectivity index (χ4v) is 3.11. The van der Waals surface area contributed by atoms with Gasteiger partial charge in [-0.3, -0.25) is 14.5 Å². The number of benzene rings is 1. The molecule has 27 heavy (non-hydrogen) atoms. The third-order valence-electron chi connectivity index (χ3n) is 4.60. The van der Waals surface area contributed by atoms with Crippen LogP contribution < -0.4 is 5.32 Å². The molecule has 1 fully saturated rings. The van der Waals surface area contributed by atoms with Gasteiger partial charge in [-0.05, 0) is 26.0 Å². The molecule has 0 unspecified atom stereocenters. The second-order valence-electron chi connectivity index (χ2n) is 6.82. The van der Waals surface area contributed by atoms with E-state index in [0.717, 1.165) is 12.1 Å². The van der Waals surface area contributed by atoms with Crippen molar-refractivity contribution in [1.29, 1.82) is 0 Å². The number of hydrogen-bond donors (Lipinski definition) is 1. The summed E-state index contributed by atoms with van der Waals surface area (Å²) in [6, 6.07) is 9.44. The Labute approximate surface area is 161 Å². The molecule has 1 aromatic rings. The SMILES string of the molecule is COCCN(CC#Cc1ccccc1)C(=O)C[C@@H]1C(=O)NCCN1C(C)C. The Morgan fingerprint density at radius 1 is 1.37 bits per heavy atom. The molecule has 2 rings (SSSR count). The summed E-state index contributed by atoms with van der Waals surface area (Å²) in [7, 11) is 1.60. The third kappa shape index (κ3) is 6.38. The molecule has 0 aromatic heterocycles. The molecule has 1 N–H and O–H groups in total. The van der Waals surface area contributed by atoms with E-state index >= 15 is 0 Å². The first-order chi connectivity index (χ1) is 13.0. The van der Waals surface area contributed by atoms with E-state index in [2.05, 4.69) is 22.1 Å². The van der Waals surface area contributed by atoms with E-state index in [4.69, 9.17) is 4.74 Å². The lowest BCUT2D eigenvalue weighted by molar-refractivity contribution is -0.139. The Bertz CT molecular complexity index is 679. The van der Waals surface area contributed by atoms with Crippen molar-refractivity contribution in [1.82, 2.24) is 15.1 Å². The van der Waals surface area contributed by atoms with Crippen LogP contribution in [-0.2, 0) is 14.3 Å². The van der Waals surface area contributed by atoms with Crippen molar-refractivity contribution in [2.75, 3.05) is 39.9 Å². The number of carbonyl (C=O) groups is 2. The highest BCUT2D eigenvalue weighted by Crippen LogP contribution is 2.14. The van der Waals surface area contributed by atoms with Gasteiger partial charge in [-0.1, -0.05) is 30.0 Å². The van der Waals surface area contributed by atoms with Crippen LogP contribution in [0.2, 0.25) is 0 Å². The number of piperazine rings is 1. The summed E-state index contributed by atoms with van der Waals surface area (Å²) in [6.45, 7) is 6.67. The summed E-state index contributed by atoms with van der Waals surface area (Å²) < 4.78 is 5.13. The zero-order valence-electron chi connectivity index (χ0n) is 16.4. The van der Waals surface area contributed by atoms with Gasteiger partial charge in [0.25, 0.3) is 0 Å². The van der Waals surface area contributed by atoms with E-state index in [9.17, 15) is 9.59 Å². The number of ether oxygens (including phenoxy) is 1. The summed E-state index contributed by atoms with van der Waals surface area (Å²) >= 11 is 0. The van der Waals surface area contributed by atoms with Crippen molar-refractivity contribution >= 4 is 11.8 Å². The summed E-state index contributed by atoms with van der Waals surface area (Å²) in [5.74, 6) is 5.97. The molecule has 1 aliphatic heterocycles. The van der Waals surface area contributed by atoms with E-state index in [1.54, 1.807) is 12.0 Å². The average Bonchev–Trinajstić information content (AvgIpc) is 2.66. The number of rotatable bonds is 7. The predicted octanol–water partition coefficient (Wildman–Crippen LogP) is 1.11. The molecule has 146 valence electrons. The molecule has 0 spiro atoms. The molecule has 6 heteroatoms. The van der Waals surface area contributed by atoms with Crippen LogP contribution in [0, 0.1) is 11.8 Å². The fraction of sp³-hybridized carbons (Fsp3) is 0.524. The van der Waals surface area contributed by atoms with E-state index in [1.165, 1.54) is 0 Å². The van der Waals surface area contributed by atoms with Crippen LogP contribution in [0.25, 0.3) is 0 Å². The molecule has 1 aliphatic rings. The van der Waals surface area contributed by atoms with Gasteiger partial charge in [0, 0.05) is 38.3 Å². The molecule has 0 saturated carbocycles. The Balaban J connectivity index is 2.04. The largest absolute Gasteiger partial charge is 0.383 e. The molecule has 1 saturated heterocycles. The first kappa shape index (κ1) is 20.9. The van der Waals surface area contributed by atoms with Crippen LogP contribution in [0.3, 0.4) is 0 Å². The minimum absolute atomic E-state index is 0.0784. The maximum atomic E-state index is 12.9. The Hall–Kier alpha value is -2.36. The van der Waals surface area contributed by atoms with Gasteiger partial charge in [-0.15, -0.1) is 0 Å². The number of nitrogens with one attached hydrogen (secondary N) is 1. The van der Waals surface area contributed by atoms with Gasteiger partial charge in [0.05, 0.1) is 25.6 Å². The zero-order chi connectivity index (χ0) is 19.6. The van der Waals surface area contributed by atoms with Crippen LogP contribution in [0.1, 0.15) is 25.8 Å². The van der Waals surface area contributed by atoms with Gasteiger partial charge in [0.15, 0.2) is 0 Å². The van der Waals surface area contributed by atoms with Crippen LogP contribution in [-0.4, -0.2) is 73.6 Å². The molecule has 1 atom stereocenters. The number of methoxy groups -OCH3 is 1. The van der Waals surface area contributed by atoms with Crippen LogP contribution >= 0.6 is 0 Å². The first-order valence-electron chi connectivity index (χ1n) is 9.37. The van der Waals surface area contributed by atoms with Crippen molar-refractivity contribution in [3.8, 4) is 11.8 Å². The first-order valence-corrected chi connectivity index (χ1v) is 9.37. The molecular formula is C21H29N3O3. The van der Waals surface area contributed by atoms with E-state index < -0.39 is 6.04 Å². The van der Waals surface area contributed by atoms with E-state index in [1.807, 2.05) is 44.2 Å². The highest BCUT2D eigenvalue weighted by molar-refractivity contribution is 5.89. The molecule has 0 radical (unpaired) electrons. The van der Waals surface area contributed by atoms with E-state index in [-0.39, 0.29) is 24.3 Å². The average molecular weight is 371 g/mol. The number of amides is 2.